The van der Waals surface area contributed by atoms with E-state index in [0.29, 0.717) is 0 Å². The molecular formula is C16H22Cl2N2. The van der Waals surface area contributed by atoms with Crippen molar-refractivity contribution in [2.75, 3.05) is 11.9 Å². The minimum Gasteiger partial charge on any atom is -0.385 e. The number of nitrogens with one attached hydrogen (secondary N) is 1. The standard InChI is InChI=1S/C16H20N2.2ClH/c1-2-18-16-11-7-6-10-14(16)12-15(17)13-8-4-3-5-9-13;;/h3-11,15,18H,2,12,17H2,1H3;2*1H. The SMILES string of the molecule is CCNc1ccccc1CC(N)c1ccccc1.Cl.Cl. The summed E-state index contributed by atoms with van der Waals surface area (Å²) in [7, 11) is 0. The second-order valence-electron chi connectivity index (χ2n) is 4.41. The van der Waals surface area contributed by atoms with Crippen LogP contribution in [0.3, 0.4) is 0 Å². The van der Waals surface area contributed by atoms with Crippen molar-refractivity contribution in [2.24, 2.45) is 5.73 Å². The molecule has 0 amide bonds. The van der Waals surface area contributed by atoms with Crippen LogP contribution in [0.1, 0.15) is 24.1 Å². The zero-order valence-corrected chi connectivity index (χ0v) is 13.2. The quantitative estimate of drug-likeness (QED) is 0.868. The molecule has 0 saturated carbocycles. The molecule has 2 nitrogen and oxygen atoms in total. The van der Waals surface area contributed by atoms with Crippen molar-refractivity contribution in [3.8, 4) is 0 Å². The molecule has 1 atom stereocenters. The van der Waals surface area contributed by atoms with Crippen LogP contribution in [0.5, 0.6) is 0 Å². The van der Waals surface area contributed by atoms with E-state index in [4.69, 9.17) is 5.73 Å². The van der Waals surface area contributed by atoms with E-state index < -0.39 is 0 Å². The van der Waals surface area contributed by atoms with Crippen molar-refractivity contribution in [3.63, 3.8) is 0 Å². The Morgan fingerprint density at radius 1 is 0.950 bits per heavy atom. The van der Waals surface area contributed by atoms with Gasteiger partial charge in [0.25, 0.3) is 0 Å². The average Bonchev–Trinajstić information content (AvgIpc) is 2.42. The molecule has 2 aromatic rings. The van der Waals surface area contributed by atoms with E-state index in [9.17, 15) is 0 Å². The summed E-state index contributed by atoms with van der Waals surface area (Å²) >= 11 is 0. The Balaban J connectivity index is 0.00000180. The second-order valence-corrected chi connectivity index (χ2v) is 4.41. The van der Waals surface area contributed by atoms with E-state index in [-0.39, 0.29) is 30.9 Å². The Morgan fingerprint density at radius 2 is 1.55 bits per heavy atom. The van der Waals surface area contributed by atoms with Gasteiger partial charge in [0.05, 0.1) is 0 Å². The highest BCUT2D eigenvalue weighted by Gasteiger charge is 2.09. The first kappa shape index (κ1) is 18.8. The summed E-state index contributed by atoms with van der Waals surface area (Å²) in [4.78, 5) is 0. The van der Waals surface area contributed by atoms with E-state index in [1.807, 2.05) is 18.2 Å². The molecule has 0 spiro atoms. The first-order valence-corrected chi connectivity index (χ1v) is 6.43. The Labute approximate surface area is 133 Å². The molecule has 4 heteroatoms. The van der Waals surface area contributed by atoms with Gasteiger partial charge in [-0.3, -0.25) is 0 Å². The molecule has 0 aliphatic heterocycles. The molecule has 2 rings (SSSR count). The lowest BCUT2D eigenvalue weighted by Crippen LogP contribution is -2.14. The van der Waals surface area contributed by atoms with Crippen molar-refractivity contribution in [1.29, 1.82) is 0 Å². The fourth-order valence-corrected chi connectivity index (χ4v) is 2.12. The van der Waals surface area contributed by atoms with Crippen LogP contribution in [0.15, 0.2) is 54.6 Å². The van der Waals surface area contributed by atoms with Crippen LogP contribution in [0.4, 0.5) is 5.69 Å². The molecule has 0 radical (unpaired) electrons. The van der Waals surface area contributed by atoms with Crippen LogP contribution in [0.25, 0.3) is 0 Å². The van der Waals surface area contributed by atoms with Gasteiger partial charge in [-0.15, -0.1) is 24.8 Å². The highest BCUT2D eigenvalue weighted by molar-refractivity contribution is 5.85. The molecular weight excluding hydrogens is 291 g/mol. The maximum atomic E-state index is 6.26. The zero-order chi connectivity index (χ0) is 12.8. The number of rotatable bonds is 5. The Morgan fingerprint density at radius 3 is 2.20 bits per heavy atom. The summed E-state index contributed by atoms with van der Waals surface area (Å²) in [6, 6.07) is 18.7. The van der Waals surface area contributed by atoms with E-state index in [1.54, 1.807) is 0 Å². The lowest BCUT2D eigenvalue weighted by Gasteiger charge is -2.15. The van der Waals surface area contributed by atoms with Gasteiger partial charge in [-0.25, -0.2) is 0 Å². The molecule has 0 aliphatic rings. The van der Waals surface area contributed by atoms with Gasteiger partial charge in [0.1, 0.15) is 0 Å². The summed E-state index contributed by atoms with van der Waals surface area (Å²) in [6.07, 6.45) is 0.854. The number of anilines is 1. The molecule has 1 unspecified atom stereocenters. The predicted octanol–water partition coefficient (Wildman–Crippen LogP) is 4.20. The summed E-state index contributed by atoms with van der Waals surface area (Å²) in [5.41, 5.74) is 9.91. The van der Waals surface area contributed by atoms with Crippen LogP contribution in [-0.4, -0.2) is 6.54 Å². The molecule has 0 bridgehead atoms. The van der Waals surface area contributed by atoms with Crippen LogP contribution in [0, 0.1) is 0 Å². The van der Waals surface area contributed by atoms with Gasteiger partial charge < -0.3 is 11.1 Å². The third kappa shape index (κ3) is 5.04. The van der Waals surface area contributed by atoms with Crippen molar-refractivity contribution in [3.05, 3.63) is 65.7 Å². The highest BCUT2D eigenvalue weighted by Crippen LogP contribution is 2.21. The molecule has 0 aliphatic carbocycles. The third-order valence-electron chi connectivity index (χ3n) is 3.05. The molecule has 0 heterocycles. The Hall–Kier alpha value is -1.22. The normalized spacial score (nSPS) is 10.9. The summed E-state index contributed by atoms with van der Waals surface area (Å²) in [6.45, 7) is 3.03. The largest absolute Gasteiger partial charge is 0.385 e. The smallest absolute Gasteiger partial charge is 0.0373 e. The highest BCUT2D eigenvalue weighted by atomic mass is 35.5. The van der Waals surface area contributed by atoms with E-state index in [0.717, 1.165) is 13.0 Å². The molecule has 2 aromatic carbocycles. The van der Waals surface area contributed by atoms with Crippen molar-refractivity contribution in [2.45, 2.75) is 19.4 Å². The minimum atomic E-state index is 0. The fraction of sp³-hybridized carbons (Fsp3) is 0.250. The molecule has 0 saturated heterocycles. The lowest BCUT2D eigenvalue weighted by molar-refractivity contribution is 0.722. The number of benzene rings is 2. The summed E-state index contributed by atoms with van der Waals surface area (Å²) in [5, 5.41) is 3.38. The van der Waals surface area contributed by atoms with Crippen molar-refractivity contribution < 1.29 is 0 Å². The Bertz CT molecular complexity index is 489. The van der Waals surface area contributed by atoms with E-state index in [2.05, 4.69) is 48.6 Å². The Kier molecular flexibility index (Phi) is 9.06. The number of para-hydroxylation sites is 1. The fourth-order valence-electron chi connectivity index (χ4n) is 2.12. The van der Waals surface area contributed by atoms with Crippen LogP contribution in [0.2, 0.25) is 0 Å². The van der Waals surface area contributed by atoms with Crippen molar-refractivity contribution in [1.82, 2.24) is 0 Å². The first-order chi connectivity index (χ1) is 8.81. The molecule has 0 aromatic heterocycles. The summed E-state index contributed by atoms with van der Waals surface area (Å²) in [5.74, 6) is 0. The number of halogens is 2. The van der Waals surface area contributed by atoms with Gasteiger partial charge in [-0.1, -0.05) is 48.5 Å². The topological polar surface area (TPSA) is 38.0 Å². The monoisotopic (exact) mass is 312 g/mol. The zero-order valence-electron chi connectivity index (χ0n) is 11.6. The molecule has 110 valence electrons. The predicted molar refractivity (Wildman–Crippen MR) is 92.2 cm³/mol. The van der Waals surface area contributed by atoms with E-state index >= 15 is 0 Å². The lowest BCUT2D eigenvalue weighted by atomic mass is 9.98. The van der Waals surface area contributed by atoms with Gasteiger partial charge in [-0.2, -0.15) is 0 Å². The minimum absolute atomic E-state index is 0. The van der Waals surface area contributed by atoms with Gasteiger partial charge in [0.2, 0.25) is 0 Å². The third-order valence-corrected chi connectivity index (χ3v) is 3.05. The maximum absolute atomic E-state index is 6.26. The first-order valence-electron chi connectivity index (χ1n) is 6.43. The molecule has 20 heavy (non-hydrogen) atoms. The van der Waals surface area contributed by atoms with Crippen LogP contribution in [-0.2, 0) is 6.42 Å². The van der Waals surface area contributed by atoms with E-state index in [1.165, 1.54) is 16.8 Å². The maximum Gasteiger partial charge on any atom is 0.0373 e. The number of nitrogens with two attached hydrogens (primary N) is 1. The number of hydrogen-bond acceptors (Lipinski definition) is 2. The van der Waals surface area contributed by atoms with Crippen LogP contribution >= 0.6 is 24.8 Å². The van der Waals surface area contributed by atoms with Gasteiger partial charge in [-0.05, 0) is 30.5 Å². The van der Waals surface area contributed by atoms with Gasteiger partial charge >= 0.3 is 0 Å². The van der Waals surface area contributed by atoms with Crippen molar-refractivity contribution >= 4 is 30.5 Å². The molecule has 3 N–H and O–H groups in total. The number of hydrogen-bond donors (Lipinski definition) is 2. The summed E-state index contributed by atoms with van der Waals surface area (Å²) < 4.78 is 0. The second kappa shape index (κ2) is 9.65. The molecule has 0 fully saturated rings. The van der Waals surface area contributed by atoms with Gasteiger partial charge in [0.15, 0.2) is 0 Å². The van der Waals surface area contributed by atoms with Crippen LogP contribution < -0.4 is 11.1 Å². The average molecular weight is 313 g/mol. The van der Waals surface area contributed by atoms with Gasteiger partial charge in [0, 0.05) is 18.3 Å².